The lowest BCUT2D eigenvalue weighted by molar-refractivity contribution is -0.122. The molecule has 1 heterocycles. The van der Waals surface area contributed by atoms with Crippen LogP contribution in [0.5, 0.6) is 0 Å². The molecule has 1 amide bonds. The average Bonchev–Trinajstić information content (AvgIpc) is 2.68. The van der Waals surface area contributed by atoms with Crippen molar-refractivity contribution >= 4 is 27.5 Å². The molecule has 0 fully saturated rings. The first-order valence-electron chi connectivity index (χ1n) is 5.71. The largest absolute Gasteiger partial charge is 0.355 e. The van der Waals surface area contributed by atoms with Gasteiger partial charge in [0.15, 0.2) is 0 Å². The molecule has 0 radical (unpaired) electrons. The molecule has 2 N–H and O–H groups in total. The van der Waals surface area contributed by atoms with E-state index in [1.807, 2.05) is 0 Å². The normalized spacial score (nSPS) is 13.2. The van der Waals surface area contributed by atoms with Crippen LogP contribution in [0.25, 0.3) is 0 Å². The third-order valence-electron chi connectivity index (χ3n) is 2.25. The van der Waals surface area contributed by atoms with Gasteiger partial charge < -0.3 is 5.32 Å². The predicted molar refractivity (Wildman–Crippen MR) is 72.3 cm³/mol. The molecule has 0 saturated heterocycles. The van der Waals surface area contributed by atoms with Crippen LogP contribution in [0.2, 0.25) is 5.02 Å². The summed E-state index contributed by atoms with van der Waals surface area (Å²) in [6.45, 7) is 2.55. The second-order valence-electron chi connectivity index (χ2n) is 4.18. The number of amides is 1. The molecule has 0 aromatic carbocycles. The second-order valence-corrected chi connectivity index (χ2v) is 6.39. The number of aryl methyl sites for hydroxylation is 1. The Balaban J connectivity index is 2.23. The van der Waals surface area contributed by atoms with Crippen LogP contribution >= 0.6 is 11.6 Å². The zero-order valence-corrected chi connectivity index (χ0v) is 12.3. The SMILES string of the molecule is C[C@@H](NS(C)(=O)=O)C(=O)NCCCn1cc(Cl)cn1. The summed E-state index contributed by atoms with van der Waals surface area (Å²) in [4.78, 5) is 11.6. The van der Waals surface area contributed by atoms with Crippen molar-refractivity contribution in [2.24, 2.45) is 0 Å². The first kappa shape index (κ1) is 15.9. The molecular formula is C10H17ClN4O3S. The fourth-order valence-electron chi connectivity index (χ4n) is 1.44. The van der Waals surface area contributed by atoms with E-state index in [-0.39, 0.29) is 5.91 Å². The number of nitrogens with one attached hydrogen (secondary N) is 2. The summed E-state index contributed by atoms with van der Waals surface area (Å²) in [5.41, 5.74) is 0. The molecule has 0 aliphatic carbocycles. The van der Waals surface area contributed by atoms with Crippen molar-refractivity contribution in [2.45, 2.75) is 25.9 Å². The molecule has 0 aliphatic rings. The van der Waals surface area contributed by atoms with E-state index in [2.05, 4.69) is 15.1 Å². The van der Waals surface area contributed by atoms with Crippen molar-refractivity contribution in [2.75, 3.05) is 12.8 Å². The zero-order chi connectivity index (χ0) is 14.5. The van der Waals surface area contributed by atoms with E-state index in [0.29, 0.717) is 24.5 Å². The molecule has 7 nitrogen and oxygen atoms in total. The maximum Gasteiger partial charge on any atom is 0.237 e. The van der Waals surface area contributed by atoms with Crippen molar-refractivity contribution in [3.63, 3.8) is 0 Å². The minimum atomic E-state index is -3.38. The molecule has 1 rings (SSSR count). The van der Waals surface area contributed by atoms with Crippen molar-refractivity contribution < 1.29 is 13.2 Å². The molecule has 0 aliphatic heterocycles. The smallest absolute Gasteiger partial charge is 0.237 e. The van der Waals surface area contributed by atoms with Crippen LogP contribution in [0.15, 0.2) is 12.4 Å². The molecule has 0 saturated carbocycles. The van der Waals surface area contributed by atoms with E-state index in [9.17, 15) is 13.2 Å². The van der Waals surface area contributed by atoms with Gasteiger partial charge in [0.1, 0.15) is 0 Å². The van der Waals surface area contributed by atoms with E-state index in [0.717, 1.165) is 6.26 Å². The zero-order valence-electron chi connectivity index (χ0n) is 10.8. The number of sulfonamides is 1. The molecule has 1 aromatic heterocycles. The van der Waals surface area contributed by atoms with E-state index < -0.39 is 16.1 Å². The molecule has 0 bridgehead atoms. The molecule has 0 unspecified atom stereocenters. The van der Waals surface area contributed by atoms with E-state index in [1.165, 1.54) is 13.1 Å². The van der Waals surface area contributed by atoms with Gasteiger partial charge in [-0.2, -0.15) is 5.10 Å². The molecular weight excluding hydrogens is 292 g/mol. The Morgan fingerprint density at radius 2 is 2.26 bits per heavy atom. The average molecular weight is 309 g/mol. The summed E-state index contributed by atoms with van der Waals surface area (Å²) in [6.07, 6.45) is 4.92. The van der Waals surface area contributed by atoms with Gasteiger partial charge in [-0.25, -0.2) is 13.1 Å². The fourth-order valence-corrected chi connectivity index (χ4v) is 2.35. The minimum absolute atomic E-state index is 0.357. The highest BCUT2D eigenvalue weighted by Gasteiger charge is 2.15. The van der Waals surface area contributed by atoms with Crippen LogP contribution in [0.3, 0.4) is 0 Å². The van der Waals surface area contributed by atoms with E-state index >= 15 is 0 Å². The third-order valence-corrected chi connectivity index (χ3v) is 3.23. The molecule has 1 atom stereocenters. The lowest BCUT2D eigenvalue weighted by Crippen LogP contribution is -2.44. The van der Waals surface area contributed by atoms with E-state index in [1.54, 1.807) is 10.9 Å². The van der Waals surface area contributed by atoms with Crippen molar-refractivity contribution in [1.29, 1.82) is 0 Å². The molecule has 9 heteroatoms. The number of halogens is 1. The highest BCUT2D eigenvalue weighted by Crippen LogP contribution is 2.04. The van der Waals surface area contributed by atoms with Gasteiger partial charge in [0.25, 0.3) is 0 Å². The Hall–Kier alpha value is -1.12. The van der Waals surface area contributed by atoms with Crippen LogP contribution in [-0.2, 0) is 21.4 Å². The fraction of sp³-hybridized carbons (Fsp3) is 0.600. The van der Waals surface area contributed by atoms with Crippen LogP contribution < -0.4 is 10.0 Å². The molecule has 1 aromatic rings. The summed E-state index contributed by atoms with van der Waals surface area (Å²) in [6, 6.07) is -0.783. The Labute approximate surface area is 117 Å². The number of aromatic nitrogens is 2. The lowest BCUT2D eigenvalue weighted by atomic mass is 10.3. The predicted octanol–water partition coefficient (Wildman–Crippen LogP) is -0.0195. The Kier molecular flexibility index (Phi) is 5.77. The number of hydrogen-bond donors (Lipinski definition) is 2. The summed E-state index contributed by atoms with van der Waals surface area (Å²) in [7, 11) is -3.38. The van der Waals surface area contributed by atoms with Crippen LogP contribution in [0.1, 0.15) is 13.3 Å². The molecule has 0 spiro atoms. The Morgan fingerprint density at radius 1 is 1.58 bits per heavy atom. The maximum atomic E-state index is 11.6. The number of rotatable bonds is 7. The number of nitrogens with zero attached hydrogens (tertiary/aromatic N) is 2. The van der Waals surface area contributed by atoms with Crippen molar-refractivity contribution in [3.8, 4) is 0 Å². The Bertz CT molecular complexity index is 529. The van der Waals surface area contributed by atoms with Crippen molar-refractivity contribution in [1.82, 2.24) is 19.8 Å². The topological polar surface area (TPSA) is 93.1 Å². The molecule has 19 heavy (non-hydrogen) atoms. The third kappa shape index (κ3) is 6.55. The summed E-state index contributed by atoms with van der Waals surface area (Å²) >= 11 is 5.71. The van der Waals surface area contributed by atoms with Gasteiger partial charge in [-0.15, -0.1) is 0 Å². The van der Waals surface area contributed by atoms with E-state index in [4.69, 9.17) is 11.6 Å². The monoisotopic (exact) mass is 308 g/mol. The van der Waals surface area contributed by atoms with Crippen LogP contribution in [-0.4, -0.2) is 42.9 Å². The van der Waals surface area contributed by atoms with Crippen LogP contribution in [0, 0.1) is 0 Å². The second kappa shape index (κ2) is 6.88. The highest BCUT2D eigenvalue weighted by molar-refractivity contribution is 7.88. The first-order valence-corrected chi connectivity index (χ1v) is 7.98. The number of hydrogen-bond acceptors (Lipinski definition) is 4. The summed E-state index contributed by atoms with van der Waals surface area (Å²) in [5.74, 6) is -0.357. The number of carbonyl (C=O) groups excluding carboxylic acids is 1. The molecule has 108 valence electrons. The highest BCUT2D eigenvalue weighted by atomic mass is 35.5. The lowest BCUT2D eigenvalue weighted by Gasteiger charge is -2.12. The standard InChI is InChI=1S/C10H17ClN4O3S/c1-8(14-19(2,17)18)10(16)12-4-3-5-15-7-9(11)6-13-15/h6-8,14H,3-5H2,1-2H3,(H,12,16)/t8-/m1/s1. The van der Waals surface area contributed by atoms with Crippen molar-refractivity contribution in [3.05, 3.63) is 17.4 Å². The number of carbonyl (C=O) groups is 1. The van der Waals surface area contributed by atoms with Gasteiger partial charge in [0, 0.05) is 19.3 Å². The van der Waals surface area contributed by atoms with Gasteiger partial charge in [-0.05, 0) is 13.3 Å². The first-order chi connectivity index (χ1) is 8.78. The quantitative estimate of drug-likeness (QED) is 0.692. The summed E-state index contributed by atoms with van der Waals surface area (Å²) in [5, 5.41) is 7.20. The maximum absolute atomic E-state index is 11.6. The van der Waals surface area contributed by atoms with Gasteiger partial charge >= 0.3 is 0 Å². The summed E-state index contributed by atoms with van der Waals surface area (Å²) < 4.78 is 25.8. The van der Waals surface area contributed by atoms with Gasteiger partial charge in [-0.1, -0.05) is 11.6 Å². The van der Waals surface area contributed by atoms with Gasteiger partial charge in [0.05, 0.1) is 23.5 Å². The van der Waals surface area contributed by atoms with Gasteiger partial charge in [0.2, 0.25) is 15.9 Å². The Morgan fingerprint density at radius 3 is 2.79 bits per heavy atom. The van der Waals surface area contributed by atoms with Gasteiger partial charge in [-0.3, -0.25) is 9.48 Å². The minimum Gasteiger partial charge on any atom is -0.355 e. The van der Waals surface area contributed by atoms with Crippen LogP contribution in [0.4, 0.5) is 0 Å².